The average molecular weight is 156 g/mol. The monoisotopic (exact) mass is 156 g/mol. The summed E-state index contributed by atoms with van der Waals surface area (Å²) in [6, 6.07) is 0. The molecule has 0 aromatic rings. The van der Waals surface area contributed by atoms with Gasteiger partial charge in [-0.3, -0.25) is 9.59 Å². The van der Waals surface area contributed by atoms with Crippen molar-refractivity contribution in [1.29, 1.82) is 0 Å². The van der Waals surface area contributed by atoms with Crippen molar-refractivity contribution in [3.05, 3.63) is 12.7 Å². The number of allylic oxidation sites excluding steroid dienone is 1. The molecule has 0 saturated heterocycles. The van der Waals surface area contributed by atoms with Gasteiger partial charge in [0.2, 0.25) is 0 Å². The predicted molar refractivity (Wildman–Crippen MR) is 41.0 cm³/mol. The Morgan fingerprint density at radius 3 is 2.45 bits per heavy atom. The SMILES string of the molecule is C=CC(=O)CC(=O)OC(C)C. The Morgan fingerprint density at radius 2 is 2.09 bits per heavy atom. The van der Waals surface area contributed by atoms with Crippen molar-refractivity contribution in [3.8, 4) is 0 Å². The van der Waals surface area contributed by atoms with E-state index in [0.29, 0.717) is 0 Å². The number of rotatable bonds is 4. The molecular weight excluding hydrogens is 144 g/mol. The second-order valence-electron chi connectivity index (χ2n) is 2.39. The summed E-state index contributed by atoms with van der Waals surface area (Å²) >= 11 is 0. The van der Waals surface area contributed by atoms with Crippen LogP contribution < -0.4 is 0 Å². The maximum absolute atomic E-state index is 10.7. The van der Waals surface area contributed by atoms with Crippen LogP contribution in [0.25, 0.3) is 0 Å². The first-order valence-electron chi connectivity index (χ1n) is 3.41. The van der Waals surface area contributed by atoms with Crippen LogP contribution in [0, 0.1) is 0 Å². The van der Waals surface area contributed by atoms with Crippen LogP contribution in [0.15, 0.2) is 12.7 Å². The first-order valence-corrected chi connectivity index (χ1v) is 3.41. The molecule has 0 radical (unpaired) electrons. The predicted octanol–water partition coefficient (Wildman–Crippen LogP) is 1.08. The first-order chi connectivity index (χ1) is 5.06. The van der Waals surface area contributed by atoms with Crippen molar-refractivity contribution in [3.63, 3.8) is 0 Å². The van der Waals surface area contributed by atoms with Gasteiger partial charge in [-0.2, -0.15) is 0 Å². The van der Waals surface area contributed by atoms with Crippen molar-refractivity contribution in [2.24, 2.45) is 0 Å². The largest absolute Gasteiger partial charge is 0.463 e. The van der Waals surface area contributed by atoms with Crippen LogP contribution in [-0.4, -0.2) is 17.9 Å². The minimum Gasteiger partial charge on any atom is -0.463 e. The molecule has 0 aliphatic heterocycles. The fourth-order valence-corrected chi connectivity index (χ4v) is 0.519. The van der Waals surface area contributed by atoms with Gasteiger partial charge in [0.05, 0.1) is 6.10 Å². The van der Waals surface area contributed by atoms with Crippen molar-refractivity contribution in [2.45, 2.75) is 26.4 Å². The zero-order valence-corrected chi connectivity index (χ0v) is 6.79. The Kier molecular flexibility index (Phi) is 4.18. The Labute approximate surface area is 66.0 Å². The van der Waals surface area contributed by atoms with Gasteiger partial charge in [-0.25, -0.2) is 0 Å². The van der Waals surface area contributed by atoms with Gasteiger partial charge in [0, 0.05) is 0 Å². The van der Waals surface area contributed by atoms with Gasteiger partial charge in [-0.15, -0.1) is 0 Å². The summed E-state index contributed by atoms with van der Waals surface area (Å²) in [6.07, 6.45) is 0.739. The summed E-state index contributed by atoms with van der Waals surface area (Å²) in [5.74, 6) is -0.805. The Bertz CT molecular complexity index is 170. The molecule has 0 rings (SSSR count). The molecule has 0 N–H and O–H groups in total. The highest BCUT2D eigenvalue weighted by Crippen LogP contribution is 1.94. The number of carbonyl (C=O) groups is 2. The van der Waals surface area contributed by atoms with Crippen LogP contribution in [0.3, 0.4) is 0 Å². The second kappa shape index (κ2) is 4.66. The highest BCUT2D eigenvalue weighted by Gasteiger charge is 2.08. The maximum Gasteiger partial charge on any atom is 0.313 e. The van der Waals surface area contributed by atoms with E-state index in [-0.39, 0.29) is 18.3 Å². The minimum atomic E-state index is -0.495. The van der Waals surface area contributed by atoms with E-state index in [1.54, 1.807) is 13.8 Å². The highest BCUT2D eigenvalue weighted by atomic mass is 16.5. The van der Waals surface area contributed by atoms with Gasteiger partial charge in [0.1, 0.15) is 6.42 Å². The third-order valence-corrected chi connectivity index (χ3v) is 0.913. The highest BCUT2D eigenvalue weighted by molar-refractivity contribution is 6.01. The molecule has 0 unspecified atom stereocenters. The molecule has 0 fully saturated rings. The molecule has 0 aliphatic rings. The average Bonchev–Trinajstić information content (AvgIpc) is 1.85. The Balaban J connectivity index is 3.69. The van der Waals surface area contributed by atoms with Gasteiger partial charge >= 0.3 is 5.97 Å². The number of hydrogen-bond acceptors (Lipinski definition) is 3. The van der Waals surface area contributed by atoms with Gasteiger partial charge in [0.25, 0.3) is 0 Å². The molecule has 3 nitrogen and oxygen atoms in total. The molecule has 0 atom stereocenters. The molecule has 0 aromatic heterocycles. The molecule has 0 bridgehead atoms. The van der Waals surface area contributed by atoms with Crippen molar-refractivity contribution >= 4 is 11.8 Å². The van der Waals surface area contributed by atoms with Gasteiger partial charge in [0.15, 0.2) is 5.78 Å². The molecule has 0 saturated carbocycles. The Hall–Kier alpha value is -1.12. The maximum atomic E-state index is 10.7. The van der Waals surface area contributed by atoms with E-state index >= 15 is 0 Å². The quantitative estimate of drug-likeness (QED) is 0.347. The van der Waals surface area contributed by atoms with E-state index in [4.69, 9.17) is 4.74 Å². The molecule has 0 aliphatic carbocycles. The third kappa shape index (κ3) is 5.33. The topological polar surface area (TPSA) is 43.4 Å². The molecule has 11 heavy (non-hydrogen) atoms. The lowest BCUT2D eigenvalue weighted by molar-refractivity contribution is -0.148. The standard InChI is InChI=1S/C8H12O3/c1-4-7(9)5-8(10)11-6(2)3/h4,6H,1,5H2,2-3H3. The fraction of sp³-hybridized carbons (Fsp3) is 0.500. The fourth-order valence-electron chi connectivity index (χ4n) is 0.519. The zero-order chi connectivity index (χ0) is 8.85. The number of carbonyl (C=O) groups excluding carboxylic acids is 2. The molecule has 3 heteroatoms. The van der Waals surface area contributed by atoms with Crippen LogP contribution in [0.1, 0.15) is 20.3 Å². The van der Waals surface area contributed by atoms with Crippen molar-refractivity contribution < 1.29 is 14.3 Å². The molecule has 62 valence electrons. The van der Waals surface area contributed by atoms with Gasteiger partial charge in [-0.1, -0.05) is 6.58 Å². The number of ketones is 1. The Morgan fingerprint density at radius 1 is 1.55 bits per heavy atom. The van der Waals surface area contributed by atoms with E-state index in [1.165, 1.54) is 0 Å². The van der Waals surface area contributed by atoms with Crippen LogP contribution in [0.4, 0.5) is 0 Å². The summed E-state index contributed by atoms with van der Waals surface area (Å²) in [4.78, 5) is 21.3. The molecule has 0 amide bonds. The second-order valence-corrected chi connectivity index (χ2v) is 2.39. The van der Waals surface area contributed by atoms with Crippen LogP contribution in [0.2, 0.25) is 0 Å². The van der Waals surface area contributed by atoms with Crippen LogP contribution in [-0.2, 0) is 14.3 Å². The van der Waals surface area contributed by atoms with E-state index in [1.807, 2.05) is 0 Å². The number of ether oxygens (including phenoxy) is 1. The summed E-state index contributed by atoms with van der Waals surface area (Å²) in [7, 11) is 0. The van der Waals surface area contributed by atoms with E-state index in [2.05, 4.69) is 6.58 Å². The van der Waals surface area contributed by atoms with E-state index in [9.17, 15) is 9.59 Å². The van der Waals surface area contributed by atoms with Crippen molar-refractivity contribution in [2.75, 3.05) is 0 Å². The van der Waals surface area contributed by atoms with Crippen molar-refractivity contribution in [1.82, 2.24) is 0 Å². The lowest BCUT2D eigenvalue weighted by atomic mass is 10.3. The molecule has 0 aromatic carbocycles. The molecule has 0 spiro atoms. The smallest absolute Gasteiger partial charge is 0.313 e. The third-order valence-electron chi connectivity index (χ3n) is 0.913. The number of esters is 1. The van der Waals surface area contributed by atoms with E-state index in [0.717, 1.165) is 6.08 Å². The van der Waals surface area contributed by atoms with Crippen LogP contribution in [0.5, 0.6) is 0 Å². The summed E-state index contributed by atoms with van der Waals surface area (Å²) < 4.78 is 4.72. The summed E-state index contributed by atoms with van der Waals surface area (Å²) in [6.45, 7) is 6.70. The van der Waals surface area contributed by atoms with Gasteiger partial charge < -0.3 is 4.74 Å². The summed E-state index contributed by atoms with van der Waals surface area (Å²) in [5, 5.41) is 0. The van der Waals surface area contributed by atoms with E-state index < -0.39 is 5.97 Å². The zero-order valence-electron chi connectivity index (χ0n) is 6.79. The lowest BCUT2D eigenvalue weighted by Gasteiger charge is -2.05. The first kappa shape index (κ1) is 9.88. The lowest BCUT2D eigenvalue weighted by Crippen LogP contribution is -2.14. The minimum absolute atomic E-state index is 0.167. The number of hydrogen-bond donors (Lipinski definition) is 0. The normalized spacial score (nSPS) is 9.36. The molecule has 0 heterocycles. The summed E-state index contributed by atoms with van der Waals surface area (Å²) in [5.41, 5.74) is 0. The van der Waals surface area contributed by atoms with Crippen LogP contribution >= 0.6 is 0 Å². The van der Waals surface area contributed by atoms with Gasteiger partial charge in [-0.05, 0) is 19.9 Å². The molecular formula is C8H12O3.